The zero-order valence-corrected chi connectivity index (χ0v) is 9.93. The van der Waals surface area contributed by atoms with Crippen molar-refractivity contribution in [3.8, 4) is 0 Å². The van der Waals surface area contributed by atoms with Crippen LogP contribution in [-0.2, 0) is 10.0 Å². The minimum Gasteiger partial charge on any atom is -0.387 e. The van der Waals surface area contributed by atoms with Gasteiger partial charge in [0, 0.05) is 12.0 Å². The fraction of sp³-hybridized carbons (Fsp3) is 0.500. The van der Waals surface area contributed by atoms with Crippen LogP contribution < -0.4 is 10.5 Å². The molecule has 5 N–H and O–H groups in total. The van der Waals surface area contributed by atoms with Crippen molar-refractivity contribution in [2.75, 3.05) is 6.54 Å². The number of aromatic amines is 1. The minimum absolute atomic E-state index is 0.00754. The Bertz CT molecular complexity index is 463. The summed E-state index contributed by atoms with van der Waals surface area (Å²) in [5, 5.41) is 7.29. The molecule has 8 heteroatoms. The maximum atomic E-state index is 11.7. The molecule has 1 aromatic heterocycles. The molecule has 0 bridgehead atoms. The van der Waals surface area contributed by atoms with E-state index < -0.39 is 15.4 Å². The van der Waals surface area contributed by atoms with Crippen molar-refractivity contribution in [3.63, 3.8) is 0 Å². The van der Waals surface area contributed by atoms with Gasteiger partial charge in [0.25, 0.3) is 10.0 Å². The summed E-state index contributed by atoms with van der Waals surface area (Å²) < 4.78 is 25.7. The normalized spacial score (nSPS) is 12.6. The molecule has 0 aliphatic carbocycles. The molecule has 1 rings (SSSR count). The monoisotopic (exact) mass is 245 g/mol. The Morgan fingerprint density at radius 1 is 1.69 bits per heavy atom. The number of hydrogen-bond acceptors (Lipinski definition) is 4. The molecule has 0 aliphatic rings. The van der Waals surface area contributed by atoms with E-state index in [1.807, 2.05) is 0 Å². The van der Waals surface area contributed by atoms with Gasteiger partial charge in [0.05, 0.1) is 18.4 Å². The second-order valence-corrected chi connectivity index (χ2v) is 5.77. The van der Waals surface area contributed by atoms with Gasteiger partial charge in [-0.15, -0.1) is 0 Å². The van der Waals surface area contributed by atoms with E-state index in [1.54, 1.807) is 13.8 Å². The smallest absolute Gasteiger partial charge is 0.257 e. The Balaban J connectivity index is 2.74. The molecule has 1 heterocycles. The topological polar surface area (TPSA) is 125 Å². The molecule has 0 aromatic carbocycles. The van der Waals surface area contributed by atoms with Crippen molar-refractivity contribution in [1.29, 1.82) is 5.41 Å². The molecule has 0 atom stereocenters. The zero-order chi connectivity index (χ0) is 12.4. The van der Waals surface area contributed by atoms with Crippen LogP contribution in [0, 0.1) is 10.8 Å². The molecule has 0 unspecified atom stereocenters. The van der Waals surface area contributed by atoms with E-state index in [0.29, 0.717) is 0 Å². The van der Waals surface area contributed by atoms with Gasteiger partial charge in [-0.25, -0.2) is 18.1 Å². The maximum Gasteiger partial charge on any atom is 0.257 e. The predicted molar refractivity (Wildman–Crippen MR) is 59.5 cm³/mol. The van der Waals surface area contributed by atoms with E-state index in [2.05, 4.69) is 14.7 Å². The summed E-state index contributed by atoms with van der Waals surface area (Å²) in [5.41, 5.74) is 4.63. The molecule has 0 spiro atoms. The number of aromatic nitrogens is 2. The van der Waals surface area contributed by atoms with Crippen LogP contribution in [-0.4, -0.2) is 30.8 Å². The third-order valence-electron chi connectivity index (χ3n) is 2.20. The van der Waals surface area contributed by atoms with E-state index in [4.69, 9.17) is 11.1 Å². The molecule has 0 radical (unpaired) electrons. The average Bonchev–Trinajstić information content (AvgIpc) is 2.68. The van der Waals surface area contributed by atoms with Crippen molar-refractivity contribution < 1.29 is 8.42 Å². The summed E-state index contributed by atoms with van der Waals surface area (Å²) in [6.07, 6.45) is 2.49. The van der Waals surface area contributed by atoms with Gasteiger partial charge in [-0.2, -0.15) is 0 Å². The molecule has 0 aliphatic heterocycles. The summed E-state index contributed by atoms with van der Waals surface area (Å²) in [6.45, 7) is 3.43. The standard InChI is InChI=1S/C8H15N5O2S/c1-8(2,7(9)10)4-13-16(14,15)6-3-11-5-12-6/h3,5,13H,4H2,1-2H3,(H3,9,10)(H,11,12). The summed E-state index contributed by atoms with van der Waals surface area (Å²) >= 11 is 0. The fourth-order valence-electron chi connectivity index (χ4n) is 0.838. The predicted octanol–water partition coefficient (Wildman–Crippen LogP) is -0.350. The SMILES string of the molecule is CC(C)(CNS(=O)(=O)c1cnc[nH]1)C(=N)N. The van der Waals surface area contributed by atoms with E-state index >= 15 is 0 Å². The lowest BCUT2D eigenvalue weighted by atomic mass is 9.93. The lowest BCUT2D eigenvalue weighted by Gasteiger charge is -2.22. The van der Waals surface area contributed by atoms with Gasteiger partial charge in [-0.1, -0.05) is 13.8 Å². The number of amidine groups is 1. The second-order valence-electron chi connectivity index (χ2n) is 4.04. The quantitative estimate of drug-likeness (QED) is 0.418. The molecule has 0 saturated heterocycles. The van der Waals surface area contributed by atoms with E-state index in [0.717, 1.165) is 0 Å². The highest BCUT2D eigenvalue weighted by Crippen LogP contribution is 2.14. The van der Waals surface area contributed by atoms with Crippen molar-refractivity contribution in [2.45, 2.75) is 18.9 Å². The largest absolute Gasteiger partial charge is 0.387 e. The lowest BCUT2D eigenvalue weighted by Crippen LogP contribution is -2.42. The molecular weight excluding hydrogens is 230 g/mol. The highest BCUT2D eigenvalue weighted by molar-refractivity contribution is 7.89. The number of hydrogen-bond donors (Lipinski definition) is 4. The molecule has 1 aromatic rings. The van der Waals surface area contributed by atoms with Gasteiger partial charge in [-0.05, 0) is 0 Å². The summed E-state index contributed by atoms with van der Waals surface area (Å²) in [5.74, 6) is -0.0696. The Morgan fingerprint density at radius 3 is 2.75 bits per heavy atom. The number of nitrogens with zero attached hydrogens (tertiary/aromatic N) is 1. The third-order valence-corrected chi connectivity index (χ3v) is 3.52. The van der Waals surface area contributed by atoms with Gasteiger partial charge in [0.15, 0.2) is 5.03 Å². The highest BCUT2D eigenvalue weighted by Gasteiger charge is 2.25. The van der Waals surface area contributed by atoms with Crippen LogP contribution >= 0.6 is 0 Å². The van der Waals surface area contributed by atoms with Crippen LogP contribution in [0.15, 0.2) is 17.6 Å². The van der Waals surface area contributed by atoms with Gasteiger partial charge in [-0.3, -0.25) is 5.41 Å². The van der Waals surface area contributed by atoms with Crippen molar-refractivity contribution in [1.82, 2.24) is 14.7 Å². The molecule has 0 amide bonds. The van der Waals surface area contributed by atoms with Crippen LogP contribution in [0.25, 0.3) is 0 Å². The number of imidazole rings is 1. The number of H-pyrrole nitrogens is 1. The second kappa shape index (κ2) is 4.22. The Labute approximate surface area is 94.0 Å². The zero-order valence-electron chi connectivity index (χ0n) is 9.11. The number of rotatable bonds is 5. The van der Waals surface area contributed by atoms with E-state index in [-0.39, 0.29) is 17.4 Å². The van der Waals surface area contributed by atoms with E-state index in [1.165, 1.54) is 12.5 Å². The van der Waals surface area contributed by atoms with E-state index in [9.17, 15) is 8.42 Å². The first-order valence-corrected chi connectivity index (χ1v) is 6.06. The summed E-state index contributed by atoms with van der Waals surface area (Å²) in [6, 6.07) is 0. The molecular formula is C8H15N5O2S. The fourth-order valence-corrected chi connectivity index (χ4v) is 1.95. The van der Waals surface area contributed by atoms with Crippen LogP contribution in [0.1, 0.15) is 13.8 Å². The summed E-state index contributed by atoms with van der Waals surface area (Å²) in [7, 11) is -3.60. The van der Waals surface area contributed by atoms with Crippen LogP contribution in [0.5, 0.6) is 0 Å². The molecule has 0 saturated carbocycles. The third kappa shape index (κ3) is 2.80. The Morgan fingerprint density at radius 2 is 2.31 bits per heavy atom. The van der Waals surface area contributed by atoms with Crippen LogP contribution in [0.2, 0.25) is 0 Å². The first kappa shape index (κ1) is 12.7. The molecule has 90 valence electrons. The Hall–Kier alpha value is -1.41. The number of sulfonamides is 1. The van der Waals surface area contributed by atoms with Gasteiger partial charge in [0.1, 0.15) is 0 Å². The minimum atomic E-state index is -3.60. The average molecular weight is 245 g/mol. The van der Waals surface area contributed by atoms with Crippen molar-refractivity contribution in [2.24, 2.45) is 11.1 Å². The van der Waals surface area contributed by atoms with Crippen LogP contribution in [0.3, 0.4) is 0 Å². The number of nitrogens with one attached hydrogen (secondary N) is 3. The highest BCUT2D eigenvalue weighted by atomic mass is 32.2. The van der Waals surface area contributed by atoms with Crippen molar-refractivity contribution >= 4 is 15.9 Å². The Kier molecular flexibility index (Phi) is 3.34. The van der Waals surface area contributed by atoms with Crippen molar-refractivity contribution in [3.05, 3.63) is 12.5 Å². The molecule has 16 heavy (non-hydrogen) atoms. The summed E-state index contributed by atoms with van der Waals surface area (Å²) in [4.78, 5) is 6.12. The number of nitrogens with two attached hydrogens (primary N) is 1. The van der Waals surface area contributed by atoms with Gasteiger partial charge in [0.2, 0.25) is 0 Å². The van der Waals surface area contributed by atoms with Crippen LogP contribution in [0.4, 0.5) is 0 Å². The molecule has 7 nitrogen and oxygen atoms in total. The van der Waals surface area contributed by atoms with Gasteiger partial charge >= 0.3 is 0 Å². The first-order chi connectivity index (χ1) is 7.26. The molecule has 0 fully saturated rings. The first-order valence-electron chi connectivity index (χ1n) is 4.58. The lowest BCUT2D eigenvalue weighted by molar-refractivity contribution is 0.492. The van der Waals surface area contributed by atoms with Gasteiger partial charge < -0.3 is 10.7 Å². The maximum absolute atomic E-state index is 11.7.